The molecule has 0 radical (unpaired) electrons. The van der Waals surface area contributed by atoms with Gasteiger partial charge < -0.3 is 10.4 Å². The number of nitrogens with zero attached hydrogens (tertiary/aromatic N) is 1. The van der Waals surface area contributed by atoms with E-state index in [1.807, 2.05) is 39.0 Å². The minimum Gasteiger partial charge on any atom is -0.390 e. The maximum atomic E-state index is 12.6. The molecule has 1 heterocycles. The highest BCUT2D eigenvalue weighted by Gasteiger charge is 2.31. The Labute approximate surface area is 153 Å². The summed E-state index contributed by atoms with van der Waals surface area (Å²) in [5.41, 5.74) is 1.72. The number of aromatic nitrogens is 1. The largest absolute Gasteiger partial charge is 0.390 e. The summed E-state index contributed by atoms with van der Waals surface area (Å²) in [4.78, 5) is 16.9. The van der Waals surface area contributed by atoms with E-state index in [9.17, 15) is 9.90 Å². The van der Waals surface area contributed by atoms with Gasteiger partial charge in [-0.15, -0.1) is 0 Å². The van der Waals surface area contributed by atoms with Gasteiger partial charge in [-0.05, 0) is 76.1 Å². The molecule has 1 aliphatic rings. The molecule has 5 heteroatoms. The van der Waals surface area contributed by atoms with Crippen LogP contribution in [0.5, 0.6) is 0 Å². The second-order valence-electron chi connectivity index (χ2n) is 7.69. The molecule has 0 spiro atoms. The molecule has 0 aliphatic heterocycles. The van der Waals surface area contributed by atoms with Crippen LogP contribution in [0.15, 0.2) is 24.4 Å². The summed E-state index contributed by atoms with van der Waals surface area (Å²) in [6.07, 6.45) is 5.27. The molecule has 134 valence electrons. The lowest BCUT2D eigenvalue weighted by molar-refractivity contribution is -0.00257. The van der Waals surface area contributed by atoms with Gasteiger partial charge in [0.1, 0.15) is 0 Å². The Morgan fingerprint density at radius 1 is 1.24 bits per heavy atom. The summed E-state index contributed by atoms with van der Waals surface area (Å²) < 4.78 is 0. The second kappa shape index (κ2) is 6.93. The predicted molar refractivity (Wildman–Crippen MR) is 101 cm³/mol. The minimum absolute atomic E-state index is 0.0993. The van der Waals surface area contributed by atoms with Crippen LogP contribution in [0.4, 0.5) is 0 Å². The summed E-state index contributed by atoms with van der Waals surface area (Å²) >= 11 is 6.18. The van der Waals surface area contributed by atoms with Crippen molar-refractivity contribution in [1.29, 1.82) is 0 Å². The molecule has 25 heavy (non-hydrogen) atoms. The van der Waals surface area contributed by atoms with Gasteiger partial charge in [0.2, 0.25) is 0 Å². The maximum Gasteiger partial charge on any atom is 0.253 e. The summed E-state index contributed by atoms with van der Waals surface area (Å²) in [6.45, 7) is 5.67. The van der Waals surface area contributed by atoms with Crippen LogP contribution in [0.3, 0.4) is 0 Å². The summed E-state index contributed by atoms with van der Waals surface area (Å²) in [5, 5.41) is 14.8. The van der Waals surface area contributed by atoms with Crippen LogP contribution >= 0.6 is 11.6 Å². The van der Waals surface area contributed by atoms with Crippen molar-refractivity contribution in [3.63, 3.8) is 0 Å². The highest BCUT2D eigenvalue weighted by Crippen LogP contribution is 2.32. The molecule has 0 atom stereocenters. The average Bonchev–Trinajstić information content (AvgIpc) is 2.55. The molecule has 2 N–H and O–H groups in total. The number of carbonyl (C=O) groups is 1. The predicted octanol–water partition coefficient (Wildman–Crippen LogP) is 4.26. The molecule has 1 saturated carbocycles. The normalized spacial score (nSPS) is 21.3. The molecular formula is C20H25ClN2O2. The Kier molecular flexibility index (Phi) is 5.03. The first kappa shape index (κ1) is 18.2. The van der Waals surface area contributed by atoms with Crippen LogP contribution < -0.4 is 5.32 Å². The Balaban J connectivity index is 1.68. The fourth-order valence-corrected chi connectivity index (χ4v) is 3.76. The quantitative estimate of drug-likeness (QED) is 0.859. The standard InChI is InChI=1S/C20H25ClN2O2/c1-12-8-18-13(10-17(12)21)9-14(11-22-18)19(24)23-16-6-4-15(5-7-16)20(2,3)25/h8-11,15-16,25H,4-7H2,1-3H3,(H,23,24). The lowest BCUT2D eigenvalue weighted by Crippen LogP contribution is -2.41. The van der Waals surface area contributed by atoms with Gasteiger partial charge >= 0.3 is 0 Å². The van der Waals surface area contributed by atoms with Crippen molar-refractivity contribution in [2.24, 2.45) is 5.92 Å². The Hall–Kier alpha value is -1.65. The number of pyridine rings is 1. The first-order chi connectivity index (χ1) is 11.7. The number of hydrogen-bond donors (Lipinski definition) is 2. The van der Waals surface area contributed by atoms with E-state index in [4.69, 9.17) is 11.6 Å². The monoisotopic (exact) mass is 360 g/mol. The van der Waals surface area contributed by atoms with Crippen molar-refractivity contribution in [2.75, 3.05) is 0 Å². The lowest BCUT2D eigenvalue weighted by Gasteiger charge is -2.36. The van der Waals surface area contributed by atoms with Gasteiger partial charge in [-0.25, -0.2) is 0 Å². The first-order valence-electron chi connectivity index (χ1n) is 8.83. The number of aliphatic hydroxyl groups is 1. The summed E-state index contributed by atoms with van der Waals surface area (Å²) in [5.74, 6) is 0.200. The Morgan fingerprint density at radius 2 is 1.92 bits per heavy atom. The third-order valence-electron chi connectivity index (χ3n) is 5.29. The number of halogens is 1. The SMILES string of the molecule is Cc1cc2ncc(C(=O)NC3CCC(C(C)(C)O)CC3)cc2cc1Cl. The topological polar surface area (TPSA) is 62.2 Å². The first-order valence-corrected chi connectivity index (χ1v) is 9.21. The highest BCUT2D eigenvalue weighted by molar-refractivity contribution is 6.32. The molecule has 1 aromatic heterocycles. The third kappa shape index (κ3) is 4.13. The molecule has 1 aromatic carbocycles. The second-order valence-corrected chi connectivity index (χ2v) is 8.10. The molecule has 2 aromatic rings. The van der Waals surface area contributed by atoms with E-state index in [2.05, 4.69) is 10.3 Å². The number of rotatable bonds is 3. The van der Waals surface area contributed by atoms with Crippen LogP contribution in [-0.2, 0) is 0 Å². The Bertz CT molecular complexity index is 790. The van der Waals surface area contributed by atoms with Gasteiger partial charge in [0.15, 0.2) is 0 Å². The molecule has 1 aliphatic carbocycles. The zero-order valence-corrected chi connectivity index (χ0v) is 15.7. The van der Waals surface area contributed by atoms with Gasteiger partial charge in [0.25, 0.3) is 5.91 Å². The number of benzene rings is 1. The van der Waals surface area contributed by atoms with E-state index in [0.717, 1.165) is 42.1 Å². The van der Waals surface area contributed by atoms with E-state index >= 15 is 0 Å². The average molecular weight is 361 g/mol. The van der Waals surface area contributed by atoms with Crippen molar-refractivity contribution in [2.45, 2.75) is 58.1 Å². The van der Waals surface area contributed by atoms with E-state index in [0.29, 0.717) is 16.5 Å². The molecule has 1 fully saturated rings. The maximum absolute atomic E-state index is 12.6. The van der Waals surface area contributed by atoms with Crippen molar-refractivity contribution in [1.82, 2.24) is 10.3 Å². The van der Waals surface area contributed by atoms with E-state index in [-0.39, 0.29) is 11.9 Å². The van der Waals surface area contributed by atoms with Gasteiger partial charge in [-0.1, -0.05) is 11.6 Å². The number of aryl methyl sites for hydroxylation is 1. The van der Waals surface area contributed by atoms with Gasteiger partial charge in [-0.2, -0.15) is 0 Å². The van der Waals surface area contributed by atoms with Crippen LogP contribution in [0, 0.1) is 12.8 Å². The fourth-order valence-electron chi connectivity index (χ4n) is 3.59. The number of hydrogen-bond acceptors (Lipinski definition) is 3. The van der Waals surface area contributed by atoms with Crippen LogP contribution in [0.1, 0.15) is 55.5 Å². The molecule has 4 nitrogen and oxygen atoms in total. The van der Waals surface area contributed by atoms with Gasteiger partial charge in [0.05, 0.1) is 16.7 Å². The van der Waals surface area contributed by atoms with Crippen molar-refractivity contribution in [3.05, 3.63) is 40.5 Å². The fraction of sp³-hybridized carbons (Fsp3) is 0.500. The zero-order valence-electron chi connectivity index (χ0n) is 15.0. The number of fused-ring (bicyclic) bond motifs is 1. The molecular weight excluding hydrogens is 336 g/mol. The van der Waals surface area contributed by atoms with Crippen molar-refractivity contribution >= 4 is 28.4 Å². The van der Waals surface area contributed by atoms with E-state index < -0.39 is 5.60 Å². The van der Waals surface area contributed by atoms with Crippen LogP contribution in [-0.4, -0.2) is 27.6 Å². The number of amides is 1. The number of nitrogens with one attached hydrogen (secondary N) is 1. The molecule has 1 amide bonds. The molecule has 3 rings (SSSR count). The smallest absolute Gasteiger partial charge is 0.253 e. The van der Waals surface area contributed by atoms with E-state index in [1.165, 1.54) is 0 Å². The minimum atomic E-state index is -0.644. The summed E-state index contributed by atoms with van der Waals surface area (Å²) in [7, 11) is 0. The van der Waals surface area contributed by atoms with Gasteiger partial charge in [-0.3, -0.25) is 9.78 Å². The van der Waals surface area contributed by atoms with Crippen molar-refractivity contribution in [3.8, 4) is 0 Å². The molecule has 0 saturated heterocycles. The zero-order chi connectivity index (χ0) is 18.2. The van der Waals surface area contributed by atoms with Crippen LogP contribution in [0.2, 0.25) is 5.02 Å². The third-order valence-corrected chi connectivity index (χ3v) is 5.69. The molecule has 0 unspecified atom stereocenters. The van der Waals surface area contributed by atoms with Gasteiger partial charge in [0, 0.05) is 22.6 Å². The van der Waals surface area contributed by atoms with Crippen molar-refractivity contribution < 1.29 is 9.90 Å². The molecule has 0 bridgehead atoms. The van der Waals surface area contributed by atoms with E-state index in [1.54, 1.807) is 6.20 Å². The lowest BCUT2D eigenvalue weighted by atomic mass is 9.77. The number of carbonyl (C=O) groups excluding carboxylic acids is 1. The Morgan fingerprint density at radius 3 is 2.56 bits per heavy atom. The summed E-state index contributed by atoms with van der Waals surface area (Å²) in [6, 6.07) is 5.77. The highest BCUT2D eigenvalue weighted by atomic mass is 35.5. The van der Waals surface area contributed by atoms with Crippen LogP contribution in [0.25, 0.3) is 10.9 Å².